The van der Waals surface area contributed by atoms with E-state index in [-0.39, 0.29) is 0 Å². The van der Waals surface area contributed by atoms with Crippen LogP contribution in [0.3, 0.4) is 0 Å². The zero-order valence-corrected chi connectivity index (χ0v) is 11.5. The van der Waals surface area contributed by atoms with E-state index in [0.29, 0.717) is 0 Å². The lowest BCUT2D eigenvalue weighted by Gasteiger charge is -2.39. The van der Waals surface area contributed by atoms with Crippen molar-refractivity contribution < 1.29 is 65.9 Å². The van der Waals surface area contributed by atoms with E-state index < -0.39 is 53.3 Å². The highest BCUT2D eigenvalue weighted by Crippen LogP contribution is 2.58. The van der Waals surface area contributed by atoms with E-state index in [1.165, 1.54) is 0 Å². The summed E-state index contributed by atoms with van der Waals surface area (Å²) in [4.78, 5) is 0. The van der Waals surface area contributed by atoms with Gasteiger partial charge in [0.25, 0.3) is 0 Å². The fourth-order valence-corrected chi connectivity index (χ4v) is 1.54. The largest absolute Gasteiger partial charge is 0.459 e. The summed E-state index contributed by atoms with van der Waals surface area (Å²) < 4.78 is 188. The van der Waals surface area contributed by atoms with Crippen LogP contribution in [0.5, 0.6) is 0 Å². The van der Waals surface area contributed by atoms with Crippen LogP contribution in [-0.4, -0.2) is 42.0 Å². The summed E-state index contributed by atoms with van der Waals surface area (Å²) in [5.41, 5.74) is -6.87. The van der Waals surface area contributed by atoms with Crippen molar-refractivity contribution in [2.24, 2.45) is 0 Å². The third-order valence-electron chi connectivity index (χ3n) is 2.69. The maximum Gasteiger partial charge on any atom is 0.459 e. The average molecular weight is 431 g/mol. The van der Waals surface area contributed by atoms with Crippen molar-refractivity contribution in [1.82, 2.24) is 0 Å². The van der Waals surface area contributed by atoms with Gasteiger partial charge < -0.3 is 0 Å². The van der Waals surface area contributed by atoms with Gasteiger partial charge in [0.2, 0.25) is 6.17 Å². The highest BCUT2D eigenvalue weighted by Gasteiger charge is 2.85. The van der Waals surface area contributed by atoms with Gasteiger partial charge in [0.1, 0.15) is 6.33 Å². The van der Waals surface area contributed by atoms with Crippen molar-refractivity contribution in [2.75, 3.05) is 0 Å². The van der Waals surface area contributed by atoms with Gasteiger partial charge in [-0.2, -0.15) is 52.7 Å². The fourth-order valence-electron chi connectivity index (χ4n) is 1.31. The molecule has 0 aliphatic rings. The molecule has 0 fully saturated rings. The van der Waals surface area contributed by atoms with Crippen LogP contribution in [0.4, 0.5) is 65.9 Å². The number of allylic oxidation sites excluding steroid dienone is 1. The molecule has 0 rings (SSSR count). The minimum absolute atomic E-state index is 1.80. The second kappa shape index (κ2) is 6.30. The Bertz CT molecular complexity index is 514. The Morgan fingerprint density at radius 1 is 0.680 bits per heavy atom. The third kappa shape index (κ3) is 3.35. The molecule has 0 amide bonds. The average Bonchev–Trinajstić information content (AvgIpc) is 2.41. The van der Waals surface area contributed by atoms with Gasteiger partial charge in [-0.05, 0) is 0 Å². The predicted octanol–water partition coefficient (Wildman–Crippen LogP) is 6.11. The first-order valence-electron chi connectivity index (χ1n) is 5.20. The third-order valence-corrected chi connectivity index (χ3v) is 3.03. The summed E-state index contributed by atoms with van der Waals surface area (Å²) >= 11 is 4.13. The van der Waals surface area contributed by atoms with Crippen molar-refractivity contribution in [3.05, 3.63) is 11.4 Å². The molecule has 0 saturated carbocycles. The van der Waals surface area contributed by atoms with Gasteiger partial charge >= 0.3 is 35.8 Å². The first-order valence-corrected chi connectivity index (χ1v) is 5.58. The predicted molar refractivity (Wildman–Crippen MR) is 50.7 cm³/mol. The van der Waals surface area contributed by atoms with Gasteiger partial charge in [-0.25, -0.2) is 13.2 Å². The highest BCUT2D eigenvalue weighted by atomic mass is 35.5. The summed E-state index contributed by atoms with van der Waals surface area (Å²) in [6, 6.07) is 0. The smallest absolute Gasteiger partial charge is 0.234 e. The van der Waals surface area contributed by atoms with Gasteiger partial charge in [0, 0.05) is 0 Å². The second-order valence-corrected chi connectivity index (χ2v) is 4.70. The van der Waals surface area contributed by atoms with Gasteiger partial charge in [-0.15, -0.1) is 0 Å². The first kappa shape index (κ1) is 24.0. The Kier molecular flexibility index (Phi) is 6.04. The molecule has 0 aromatic heterocycles. The Morgan fingerprint density at radius 3 is 1.28 bits per heavy atom. The van der Waals surface area contributed by atoms with Crippen LogP contribution in [0.15, 0.2) is 11.4 Å². The summed E-state index contributed by atoms with van der Waals surface area (Å²) in [6.07, 6.45) is -22.8. The van der Waals surface area contributed by atoms with E-state index in [4.69, 9.17) is 0 Å². The minimum atomic E-state index is -7.64. The van der Waals surface area contributed by atoms with Crippen molar-refractivity contribution in [3.8, 4) is 0 Å². The van der Waals surface area contributed by atoms with Gasteiger partial charge in [-0.3, -0.25) is 0 Å². The second-order valence-electron chi connectivity index (χ2n) is 4.29. The molecule has 0 aliphatic heterocycles. The lowest BCUT2D eigenvalue weighted by molar-refractivity contribution is -0.391. The molecule has 0 aromatic rings. The summed E-state index contributed by atoms with van der Waals surface area (Å²) in [7, 11) is 0. The van der Waals surface area contributed by atoms with Crippen molar-refractivity contribution in [2.45, 2.75) is 42.0 Å². The van der Waals surface area contributed by atoms with Gasteiger partial charge in [0.05, 0.1) is 5.03 Å². The molecule has 0 N–H and O–H groups in total. The number of halogens is 16. The molecular weight excluding hydrogens is 429 g/mol. The van der Waals surface area contributed by atoms with Crippen LogP contribution in [0, 0.1) is 0 Å². The first-order chi connectivity index (χ1) is 10.6. The van der Waals surface area contributed by atoms with Crippen molar-refractivity contribution in [1.29, 1.82) is 0 Å². The van der Waals surface area contributed by atoms with E-state index in [2.05, 4.69) is 11.6 Å². The van der Waals surface area contributed by atoms with E-state index in [0.717, 1.165) is 0 Å². The molecule has 0 nitrogen and oxygen atoms in total. The van der Waals surface area contributed by atoms with Crippen LogP contribution in [0.25, 0.3) is 0 Å². The van der Waals surface area contributed by atoms with E-state index >= 15 is 0 Å². The summed E-state index contributed by atoms with van der Waals surface area (Å²) in [5.74, 6) is -22.6. The topological polar surface area (TPSA) is 0 Å². The lowest BCUT2D eigenvalue weighted by atomic mass is 9.88. The van der Waals surface area contributed by atoms with Crippen LogP contribution in [-0.2, 0) is 0 Å². The SMILES string of the molecule is FC=C(Cl)C(F)(C(F)(F)F)C(F)(F)C(F)C(F)(F)C(F)(F)C(F)(F)F. The standard InChI is InChI=1S/C9H2ClF15/c10-2(1-11)4(13,8(20,21)22)5(14,15)3(12)6(16,17)7(18,19)9(23,24)25/h1,3H. The molecule has 2 atom stereocenters. The summed E-state index contributed by atoms with van der Waals surface area (Å²) in [5, 5.41) is -3.32. The maximum atomic E-state index is 13.5. The lowest BCUT2D eigenvalue weighted by Crippen LogP contribution is -2.68. The van der Waals surface area contributed by atoms with Crippen LogP contribution in [0.1, 0.15) is 0 Å². The van der Waals surface area contributed by atoms with E-state index in [9.17, 15) is 65.9 Å². The molecule has 0 aliphatic carbocycles. The van der Waals surface area contributed by atoms with Gasteiger partial charge in [0.15, 0.2) is 0 Å². The van der Waals surface area contributed by atoms with E-state index in [1.54, 1.807) is 0 Å². The molecule has 0 bridgehead atoms. The minimum Gasteiger partial charge on any atom is -0.234 e. The zero-order chi connectivity index (χ0) is 20.9. The monoisotopic (exact) mass is 430 g/mol. The Hall–Kier alpha value is -1.02. The zero-order valence-electron chi connectivity index (χ0n) is 10.7. The molecule has 0 radical (unpaired) electrons. The molecule has 2 unspecified atom stereocenters. The normalized spacial score (nSPS) is 19.6. The quantitative estimate of drug-likeness (QED) is 0.462. The van der Waals surface area contributed by atoms with Crippen molar-refractivity contribution >= 4 is 11.6 Å². The molecule has 16 heteroatoms. The van der Waals surface area contributed by atoms with Crippen LogP contribution >= 0.6 is 11.6 Å². The molecule has 0 spiro atoms. The van der Waals surface area contributed by atoms with Crippen LogP contribution < -0.4 is 0 Å². The van der Waals surface area contributed by atoms with Gasteiger partial charge in [-0.1, -0.05) is 11.6 Å². The Morgan fingerprint density at radius 2 is 1.04 bits per heavy atom. The number of alkyl halides is 14. The molecule has 0 aromatic carbocycles. The highest BCUT2D eigenvalue weighted by molar-refractivity contribution is 6.30. The van der Waals surface area contributed by atoms with Crippen LogP contribution in [0.2, 0.25) is 0 Å². The summed E-state index contributed by atoms with van der Waals surface area (Å²) in [6.45, 7) is 0. The Labute approximate surface area is 132 Å². The molecular formula is C9H2ClF15. The number of rotatable bonds is 5. The molecule has 150 valence electrons. The van der Waals surface area contributed by atoms with E-state index in [1.807, 2.05) is 0 Å². The molecule has 25 heavy (non-hydrogen) atoms. The fraction of sp³-hybridized carbons (Fsp3) is 0.778. The molecule has 0 saturated heterocycles. The maximum absolute atomic E-state index is 13.5. The number of hydrogen-bond donors (Lipinski definition) is 0. The number of hydrogen-bond acceptors (Lipinski definition) is 0. The Balaban J connectivity index is 6.50. The van der Waals surface area contributed by atoms with Crippen molar-refractivity contribution in [3.63, 3.8) is 0 Å². The molecule has 0 heterocycles.